The van der Waals surface area contributed by atoms with Crippen LogP contribution >= 0.6 is 0 Å². The predicted molar refractivity (Wildman–Crippen MR) is 92.6 cm³/mol. The van der Waals surface area contributed by atoms with Gasteiger partial charge >= 0.3 is 0 Å². The molecule has 2 aliphatic carbocycles. The lowest BCUT2D eigenvalue weighted by Gasteiger charge is -2.41. The Morgan fingerprint density at radius 2 is 1.86 bits per heavy atom. The summed E-state index contributed by atoms with van der Waals surface area (Å²) in [5, 5.41) is 21.6. The van der Waals surface area contributed by atoms with E-state index in [1.54, 1.807) is 0 Å². The van der Waals surface area contributed by atoms with E-state index in [2.05, 4.69) is 32.9 Å². The zero-order chi connectivity index (χ0) is 16.5. The van der Waals surface area contributed by atoms with Gasteiger partial charge in [0.1, 0.15) is 0 Å². The molecule has 126 valence electrons. The van der Waals surface area contributed by atoms with Crippen molar-refractivity contribution in [1.29, 1.82) is 0 Å². The van der Waals surface area contributed by atoms with Crippen LogP contribution in [0, 0.1) is 17.3 Å². The molecule has 2 aliphatic rings. The van der Waals surface area contributed by atoms with Gasteiger partial charge in [0.2, 0.25) is 0 Å². The molecule has 1 saturated carbocycles. The number of aliphatic hydroxyl groups excluding tert-OH is 1. The molecule has 2 heteroatoms. The van der Waals surface area contributed by atoms with Crippen LogP contribution in [0.25, 0.3) is 0 Å². The highest BCUT2D eigenvalue weighted by Gasteiger charge is 2.52. The minimum atomic E-state index is -0.722. The monoisotopic (exact) mass is 306 g/mol. The molecule has 0 amide bonds. The van der Waals surface area contributed by atoms with Crippen LogP contribution in [-0.2, 0) is 0 Å². The minimum Gasteiger partial charge on any atom is -0.392 e. The largest absolute Gasteiger partial charge is 0.392 e. The summed E-state index contributed by atoms with van der Waals surface area (Å²) >= 11 is 0. The average Bonchev–Trinajstić information content (AvgIpc) is 2.73. The van der Waals surface area contributed by atoms with Crippen molar-refractivity contribution < 1.29 is 10.2 Å². The lowest BCUT2D eigenvalue weighted by atomic mass is 9.67. The van der Waals surface area contributed by atoms with E-state index in [9.17, 15) is 10.2 Å². The summed E-state index contributed by atoms with van der Waals surface area (Å²) in [6.07, 6.45) is 10.3. The van der Waals surface area contributed by atoms with Gasteiger partial charge in [-0.25, -0.2) is 0 Å². The first-order valence-electron chi connectivity index (χ1n) is 8.85. The van der Waals surface area contributed by atoms with E-state index in [0.717, 1.165) is 38.5 Å². The molecule has 0 aromatic rings. The number of fused-ring (bicyclic) bond motifs is 1. The van der Waals surface area contributed by atoms with E-state index in [0.29, 0.717) is 0 Å². The number of rotatable bonds is 1. The van der Waals surface area contributed by atoms with Crippen molar-refractivity contribution in [3.8, 4) is 0 Å². The van der Waals surface area contributed by atoms with Crippen LogP contribution in [0.1, 0.15) is 73.1 Å². The fraction of sp³-hybridized carbons (Fsp3) is 0.800. The van der Waals surface area contributed by atoms with E-state index in [-0.39, 0.29) is 23.4 Å². The number of hydrogen-bond acceptors (Lipinski definition) is 2. The molecule has 0 aromatic carbocycles. The van der Waals surface area contributed by atoms with Crippen molar-refractivity contribution in [2.45, 2.75) is 84.8 Å². The number of aliphatic hydroxyl groups is 2. The summed E-state index contributed by atoms with van der Waals surface area (Å²) < 4.78 is 0. The maximum Gasteiger partial charge on any atom is 0.0623 e. The summed E-state index contributed by atoms with van der Waals surface area (Å²) in [4.78, 5) is 0. The summed E-state index contributed by atoms with van der Waals surface area (Å²) in [6, 6.07) is 0. The van der Waals surface area contributed by atoms with Crippen LogP contribution in [-0.4, -0.2) is 21.9 Å². The van der Waals surface area contributed by atoms with Crippen LogP contribution in [0.5, 0.6) is 0 Å². The average molecular weight is 306 g/mol. The molecule has 22 heavy (non-hydrogen) atoms. The van der Waals surface area contributed by atoms with Crippen molar-refractivity contribution in [3.63, 3.8) is 0 Å². The second-order valence-electron chi connectivity index (χ2n) is 8.59. The van der Waals surface area contributed by atoms with Gasteiger partial charge in [-0.05, 0) is 83.5 Å². The van der Waals surface area contributed by atoms with Crippen molar-refractivity contribution in [2.75, 3.05) is 0 Å². The minimum absolute atomic E-state index is 0.0932. The third-order valence-electron chi connectivity index (χ3n) is 6.07. The van der Waals surface area contributed by atoms with Crippen molar-refractivity contribution in [2.24, 2.45) is 17.3 Å². The number of hydrogen-bond donors (Lipinski definition) is 2. The van der Waals surface area contributed by atoms with E-state index in [1.807, 2.05) is 13.8 Å². The van der Waals surface area contributed by atoms with Crippen molar-refractivity contribution in [3.05, 3.63) is 23.3 Å². The van der Waals surface area contributed by atoms with Gasteiger partial charge in [-0.15, -0.1) is 0 Å². The van der Waals surface area contributed by atoms with Gasteiger partial charge in [0.15, 0.2) is 0 Å². The maximum absolute atomic E-state index is 11.0. The van der Waals surface area contributed by atoms with Crippen molar-refractivity contribution in [1.82, 2.24) is 0 Å². The second-order valence-corrected chi connectivity index (χ2v) is 8.59. The highest BCUT2D eigenvalue weighted by Crippen LogP contribution is 2.55. The van der Waals surface area contributed by atoms with Crippen LogP contribution in [0.2, 0.25) is 0 Å². The quantitative estimate of drug-likeness (QED) is 0.694. The lowest BCUT2D eigenvalue weighted by Crippen LogP contribution is -2.43. The van der Waals surface area contributed by atoms with E-state index >= 15 is 0 Å². The van der Waals surface area contributed by atoms with Gasteiger partial charge in [0, 0.05) is 0 Å². The fourth-order valence-corrected chi connectivity index (χ4v) is 4.68. The normalized spacial score (nSPS) is 42.6. The van der Waals surface area contributed by atoms with Gasteiger partial charge in [0.05, 0.1) is 11.7 Å². The van der Waals surface area contributed by atoms with E-state index in [1.165, 1.54) is 11.1 Å². The Morgan fingerprint density at radius 1 is 1.18 bits per heavy atom. The Balaban J connectivity index is 2.37. The summed E-state index contributed by atoms with van der Waals surface area (Å²) in [6.45, 7) is 10.5. The zero-order valence-electron chi connectivity index (χ0n) is 15.0. The SMILES string of the molecule is C/C1=C\C[C@@]2(C)CC[C@@H](C(C)(C)O)[C@@H]2[C@@H](O)C/C(C)=C/CC1. The highest BCUT2D eigenvalue weighted by molar-refractivity contribution is 5.12. The molecule has 0 aromatic heterocycles. The Morgan fingerprint density at radius 3 is 2.50 bits per heavy atom. The number of allylic oxidation sites excluding steroid dienone is 3. The summed E-state index contributed by atoms with van der Waals surface area (Å²) in [5.41, 5.74) is 2.11. The van der Waals surface area contributed by atoms with Gasteiger partial charge in [-0.1, -0.05) is 30.2 Å². The molecule has 0 bridgehead atoms. The molecule has 2 rings (SSSR count). The van der Waals surface area contributed by atoms with Gasteiger partial charge in [0.25, 0.3) is 0 Å². The molecule has 2 N–H and O–H groups in total. The first-order chi connectivity index (χ1) is 10.1. The fourth-order valence-electron chi connectivity index (χ4n) is 4.68. The topological polar surface area (TPSA) is 40.5 Å². The third-order valence-corrected chi connectivity index (χ3v) is 6.07. The van der Waals surface area contributed by atoms with Crippen LogP contribution in [0.3, 0.4) is 0 Å². The van der Waals surface area contributed by atoms with Crippen LogP contribution in [0.4, 0.5) is 0 Å². The predicted octanol–water partition coefficient (Wildman–Crippen LogP) is 4.62. The standard InChI is InChI=1S/C20H34O2/c1-14-7-6-8-15(2)13-17(21)18-16(19(3,4)22)10-12-20(18,5)11-9-14/h8-9,16-18,21-22H,6-7,10-13H2,1-5H3/b14-9+,15-8+/t16-,17+,18-,20+/m1/s1. The van der Waals surface area contributed by atoms with E-state index < -0.39 is 5.60 Å². The first-order valence-corrected chi connectivity index (χ1v) is 8.85. The molecular formula is C20H34O2. The molecule has 0 aliphatic heterocycles. The van der Waals surface area contributed by atoms with E-state index in [4.69, 9.17) is 0 Å². The van der Waals surface area contributed by atoms with Gasteiger partial charge in [-0.2, -0.15) is 0 Å². The Bertz CT molecular complexity index is 455. The van der Waals surface area contributed by atoms with Gasteiger partial charge in [-0.3, -0.25) is 0 Å². The summed E-state index contributed by atoms with van der Waals surface area (Å²) in [7, 11) is 0. The molecule has 0 spiro atoms. The van der Waals surface area contributed by atoms with Crippen LogP contribution in [0.15, 0.2) is 23.3 Å². The molecule has 1 fully saturated rings. The first kappa shape index (κ1) is 17.7. The van der Waals surface area contributed by atoms with Crippen molar-refractivity contribution >= 4 is 0 Å². The lowest BCUT2D eigenvalue weighted by molar-refractivity contribution is -0.0586. The highest BCUT2D eigenvalue weighted by atomic mass is 16.3. The Kier molecular flexibility index (Phi) is 5.23. The molecule has 0 saturated heterocycles. The Labute approximate surface area is 136 Å². The molecule has 0 unspecified atom stereocenters. The van der Waals surface area contributed by atoms with Gasteiger partial charge < -0.3 is 10.2 Å². The molecule has 0 radical (unpaired) electrons. The molecule has 0 heterocycles. The molecule has 4 atom stereocenters. The molecular weight excluding hydrogens is 272 g/mol. The smallest absolute Gasteiger partial charge is 0.0623 e. The third kappa shape index (κ3) is 3.83. The maximum atomic E-state index is 11.0. The second kappa shape index (κ2) is 6.49. The Hall–Kier alpha value is -0.600. The molecule has 2 nitrogen and oxygen atoms in total. The zero-order valence-corrected chi connectivity index (χ0v) is 15.0. The van der Waals surface area contributed by atoms with Crippen LogP contribution < -0.4 is 0 Å². The summed E-state index contributed by atoms with van der Waals surface area (Å²) in [5.74, 6) is 0.341.